The summed E-state index contributed by atoms with van der Waals surface area (Å²) in [5.74, 6) is -4.20. The molecule has 0 unspecified atom stereocenters. The zero-order chi connectivity index (χ0) is 25.8. The second-order valence-corrected chi connectivity index (χ2v) is 7.06. The minimum atomic E-state index is -5.13. The van der Waals surface area contributed by atoms with Gasteiger partial charge in [-0.05, 0) is 18.2 Å². The molecule has 190 valence electrons. The molecule has 1 aromatic carbocycles. The fourth-order valence-electron chi connectivity index (χ4n) is 3.18. The molecule has 0 saturated carbocycles. The van der Waals surface area contributed by atoms with Crippen molar-refractivity contribution in [2.24, 2.45) is 5.73 Å². The molecule has 1 fully saturated rings. The van der Waals surface area contributed by atoms with Crippen LogP contribution < -0.4 is 16.0 Å². The van der Waals surface area contributed by atoms with Crippen LogP contribution >= 0.6 is 0 Å². The number of morpholine rings is 1. The predicted molar refractivity (Wildman–Crippen MR) is 99.9 cm³/mol. The molecule has 0 aliphatic carbocycles. The number of anilines is 2. The van der Waals surface area contributed by atoms with Crippen LogP contribution in [0.4, 0.5) is 46.5 Å². The molecule has 0 bridgehead atoms. The van der Waals surface area contributed by atoms with Crippen LogP contribution in [-0.4, -0.2) is 74.1 Å². The highest BCUT2D eigenvalue weighted by atomic mass is 19.4. The number of primary amides is 1. The molecule has 1 aliphatic rings. The molecule has 34 heavy (non-hydrogen) atoms. The zero-order valence-electron chi connectivity index (χ0n) is 17.1. The van der Waals surface area contributed by atoms with Crippen molar-refractivity contribution in [2.45, 2.75) is 24.8 Å². The van der Waals surface area contributed by atoms with Crippen molar-refractivity contribution >= 4 is 29.1 Å². The number of carbonyl (C=O) groups excluding carboxylic acids is 3. The summed E-state index contributed by atoms with van der Waals surface area (Å²) < 4.78 is 110. The van der Waals surface area contributed by atoms with Crippen molar-refractivity contribution in [2.75, 3.05) is 43.1 Å². The number of benzene rings is 1. The molecule has 1 aliphatic heterocycles. The highest BCUT2D eigenvalue weighted by Gasteiger charge is 2.42. The lowest BCUT2D eigenvalue weighted by Crippen LogP contribution is -2.55. The van der Waals surface area contributed by atoms with E-state index in [1.165, 1.54) is 0 Å². The van der Waals surface area contributed by atoms with Gasteiger partial charge in [-0.25, -0.2) is 8.78 Å². The third kappa shape index (κ3) is 7.24. The van der Waals surface area contributed by atoms with Gasteiger partial charge in [0.15, 0.2) is 6.04 Å². The first-order valence-electron chi connectivity index (χ1n) is 9.38. The maximum Gasteiger partial charge on any atom is 0.418 e. The summed E-state index contributed by atoms with van der Waals surface area (Å²) in [5, 5.41) is 1.64. The number of ether oxygens (including phenoxy) is 1. The number of alkyl halides is 8. The van der Waals surface area contributed by atoms with Gasteiger partial charge in [0, 0.05) is 12.2 Å². The molecule has 1 heterocycles. The number of carbonyl (C=O) groups is 3. The number of nitrogens with zero attached hydrogens (tertiary/aromatic N) is 2. The quantitative estimate of drug-likeness (QED) is 0.415. The summed E-state index contributed by atoms with van der Waals surface area (Å²) in [6.07, 6.45) is -13.7. The Morgan fingerprint density at radius 3 is 2.32 bits per heavy atom. The normalized spacial score (nSPS) is 16.2. The van der Waals surface area contributed by atoms with Crippen LogP contribution in [0, 0.1) is 0 Å². The lowest BCUT2D eigenvalue weighted by Gasteiger charge is -2.30. The summed E-state index contributed by atoms with van der Waals surface area (Å²) >= 11 is 0. The number of nitrogens with one attached hydrogen (secondary N) is 1. The summed E-state index contributed by atoms with van der Waals surface area (Å²) in [6.45, 7) is -4.25. The van der Waals surface area contributed by atoms with Crippen LogP contribution in [0.25, 0.3) is 0 Å². The summed E-state index contributed by atoms with van der Waals surface area (Å²) in [7, 11) is 0. The van der Waals surface area contributed by atoms with E-state index >= 15 is 0 Å². The molecule has 3 amide bonds. The monoisotopic (exact) mass is 506 g/mol. The molecule has 3 N–H and O–H groups in total. The van der Waals surface area contributed by atoms with Crippen molar-refractivity contribution < 1.29 is 54.2 Å². The van der Waals surface area contributed by atoms with Gasteiger partial charge in [-0.3, -0.25) is 19.3 Å². The van der Waals surface area contributed by atoms with E-state index in [4.69, 9.17) is 10.5 Å². The van der Waals surface area contributed by atoms with Gasteiger partial charge in [0.25, 0.3) is 18.2 Å². The third-order valence-electron chi connectivity index (χ3n) is 4.50. The van der Waals surface area contributed by atoms with Crippen LogP contribution in [0.2, 0.25) is 0 Å². The van der Waals surface area contributed by atoms with E-state index in [9.17, 15) is 49.5 Å². The second kappa shape index (κ2) is 10.5. The largest absolute Gasteiger partial charge is 0.418 e. The summed E-state index contributed by atoms with van der Waals surface area (Å²) in [6, 6.07) is -0.430. The van der Waals surface area contributed by atoms with E-state index in [1.807, 2.05) is 0 Å². The van der Waals surface area contributed by atoms with Gasteiger partial charge in [-0.2, -0.15) is 26.3 Å². The highest BCUT2D eigenvalue weighted by Crippen LogP contribution is 2.38. The lowest BCUT2D eigenvalue weighted by atomic mass is 10.1. The van der Waals surface area contributed by atoms with E-state index in [1.54, 1.807) is 5.32 Å². The Hall–Kier alpha value is -3.01. The van der Waals surface area contributed by atoms with Gasteiger partial charge in [0.1, 0.15) is 6.61 Å². The van der Waals surface area contributed by atoms with E-state index in [0.29, 0.717) is 12.1 Å². The van der Waals surface area contributed by atoms with Gasteiger partial charge < -0.3 is 20.7 Å². The molecule has 0 radical (unpaired) electrons. The predicted octanol–water partition coefficient (Wildman–Crippen LogP) is 1.99. The topological polar surface area (TPSA) is 105 Å². The van der Waals surface area contributed by atoms with E-state index in [2.05, 4.69) is 0 Å². The molecule has 2 rings (SSSR count). The van der Waals surface area contributed by atoms with Gasteiger partial charge >= 0.3 is 12.4 Å². The molecule has 1 atom stereocenters. The second-order valence-electron chi connectivity index (χ2n) is 7.06. The molecule has 16 heteroatoms. The fourth-order valence-corrected chi connectivity index (χ4v) is 3.18. The number of hydrogen-bond donors (Lipinski definition) is 2. The Balaban J connectivity index is 2.40. The van der Waals surface area contributed by atoms with Gasteiger partial charge in [0.2, 0.25) is 5.91 Å². The van der Waals surface area contributed by atoms with Gasteiger partial charge in [-0.15, -0.1) is 0 Å². The van der Waals surface area contributed by atoms with Crippen molar-refractivity contribution in [3.8, 4) is 0 Å². The third-order valence-corrected chi connectivity index (χ3v) is 4.50. The van der Waals surface area contributed by atoms with Crippen LogP contribution in [0.3, 0.4) is 0 Å². The average Bonchev–Trinajstić information content (AvgIpc) is 2.66. The molecule has 8 nitrogen and oxygen atoms in total. The van der Waals surface area contributed by atoms with E-state index < -0.39 is 66.9 Å². The number of hydrogen-bond acceptors (Lipinski definition) is 5. The lowest BCUT2D eigenvalue weighted by molar-refractivity contribution is -0.160. The zero-order valence-corrected chi connectivity index (χ0v) is 17.1. The number of rotatable bonds is 8. The Morgan fingerprint density at radius 2 is 1.82 bits per heavy atom. The minimum Gasteiger partial charge on any atom is -0.370 e. The standard InChI is InChI=1S/C18H18F8N4O4/c19-12(20)6-29(8-17(21,22)23)14(15(27)32)16(33)28-11-2-1-9(5-10(11)18(24,25)26)30-3-4-34-7-13(30)31/h1-2,5,12,14H,3-4,6-8H2,(H2,27,32)(H,28,33)/t14-/m0/s1. The van der Waals surface area contributed by atoms with E-state index in [-0.39, 0.29) is 30.3 Å². The first-order valence-corrected chi connectivity index (χ1v) is 9.38. The maximum absolute atomic E-state index is 13.6. The average molecular weight is 506 g/mol. The molecule has 1 saturated heterocycles. The SMILES string of the molecule is NC(=O)[C@@H](C(=O)Nc1ccc(N2CCOCC2=O)cc1C(F)(F)F)N(CC(F)F)CC(F)(F)F. The minimum absolute atomic E-state index is 0.0467. The molecule has 0 spiro atoms. The number of nitrogens with two attached hydrogens (primary N) is 1. The maximum atomic E-state index is 13.6. The number of halogens is 8. The van der Waals surface area contributed by atoms with Crippen LogP contribution in [-0.2, 0) is 25.3 Å². The Kier molecular flexibility index (Phi) is 8.41. The molecule has 0 aromatic heterocycles. The van der Waals surface area contributed by atoms with Crippen LogP contribution in [0.5, 0.6) is 0 Å². The molecular weight excluding hydrogens is 488 g/mol. The Bertz CT molecular complexity index is 922. The van der Waals surface area contributed by atoms with Crippen molar-refractivity contribution in [3.05, 3.63) is 23.8 Å². The smallest absolute Gasteiger partial charge is 0.370 e. The Labute approximate surface area is 186 Å². The molecule has 1 aromatic rings. The molecular formula is C18H18F8N4O4. The Morgan fingerprint density at radius 1 is 1.18 bits per heavy atom. The first kappa shape index (κ1) is 27.2. The van der Waals surface area contributed by atoms with Crippen molar-refractivity contribution in [1.82, 2.24) is 4.90 Å². The highest BCUT2D eigenvalue weighted by molar-refractivity contribution is 6.10. The van der Waals surface area contributed by atoms with Crippen molar-refractivity contribution in [1.29, 1.82) is 0 Å². The van der Waals surface area contributed by atoms with Crippen LogP contribution in [0.15, 0.2) is 18.2 Å². The van der Waals surface area contributed by atoms with Gasteiger partial charge in [0.05, 0.1) is 30.9 Å². The van der Waals surface area contributed by atoms with Crippen LogP contribution in [0.1, 0.15) is 5.56 Å². The van der Waals surface area contributed by atoms with Gasteiger partial charge in [-0.1, -0.05) is 0 Å². The van der Waals surface area contributed by atoms with Crippen molar-refractivity contribution in [3.63, 3.8) is 0 Å². The fraction of sp³-hybridized carbons (Fsp3) is 0.500. The first-order chi connectivity index (χ1) is 15.6. The summed E-state index contributed by atoms with van der Waals surface area (Å²) in [4.78, 5) is 36.7. The number of amides is 3. The summed E-state index contributed by atoms with van der Waals surface area (Å²) in [5.41, 5.74) is 2.22. The van der Waals surface area contributed by atoms with E-state index in [0.717, 1.165) is 11.0 Å².